The third kappa shape index (κ3) is 4.02. The first-order valence-electron chi connectivity index (χ1n) is 8.37. The van der Waals surface area contributed by atoms with Crippen molar-refractivity contribution in [1.29, 1.82) is 0 Å². The number of ether oxygens (including phenoxy) is 1. The van der Waals surface area contributed by atoms with Crippen LogP contribution in [0.3, 0.4) is 0 Å². The van der Waals surface area contributed by atoms with Gasteiger partial charge < -0.3 is 10.1 Å². The van der Waals surface area contributed by atoms with Crippen LogP contribution in [0.25, 0.3) is 22.4 Å². The van der Waals surface area contributed by atoms with Gasteiger partial charge in [-0.3, -0.25) is 10.3 Å². The Morgan fingerprint density at radius 2 is 2.04 bits per heavy atom. The SMILES string of the molecule is CCNC(=O)Nc1ccc2ncc(-c3cccnc3OC(C)C)nc2n1. The standard InChI is InChI=1S/C18H20N6O2/c1-4-19-18(25)24-15-8-7-13-16(23-15)22-14(10-21-13)12-6-5-9-20-17(12)26-11(2)3/h5-11H,4H2,1-3H3,(H2,19,22,23,24,25). The van der Waals surface area contributed by atoms with Crippen LogP contribution in [0.2, 0.25) is 0 Å². The molecular formula is C18H20N6O2. The number of aromatic nitrogens is 4. The Bertz CT molecular complexity index is 928. The van der Waals surface area contributed by atoms with Gasteiger partial charge >= 0.3 is 6.03 Å². The van der Waals surface area contributed by atoms with E-state index in [4.69, 9.17) is 4.74 Å². The molecule has 0 aromatic carbocycles. The van der Waals surface area contributed by atoms with Crippen LogP contribution in [-0.4, -0.2) is 38.6 Å². The van der Waals surface area contributed by atoms with Gasteiger partial charge in [0.2, 0.25) is 5.88 Å². The molecule has 3 aromatic heterocycles. The van der Waals surface area contributed by atoms with Gasteiger partial charge in [0.05, 0.1) is 23.6 Å². The van der Waals surface area contributed by atoms with Crippen molar-refractivity contribution in [2.45, 2.75) is 26.9 Å². The fourth-order valence-electron chi connectivity index (χ4n) is 2.32. The summed E-state index contributed by atoms with van der Waals surface area (Å²) in [7, 11) is 0. The molecule has 0 aliphatic heterocycles. The van der Waals surface area contributed by atoms with Crippen molar-refractivity contribution in [3.05, 3.63) is 36.7 Å². The molecule has 0 unspecified atom stereocenters. The zero-order chi connectivity index (χ0) is 18.5. The molecule has 3 aromatic rings. The van der Waals surface area contributed by atoms with E-state index >= 15 is 0 Å². The second-order valence-corrected chi connectivity index (χ2v) is 5.80. The summed E-state index contributed by atoms with van der Waals surface area (Å²) in [6.07, 6.45) is 3.32. The fourth-order valence-corrected chi connectivity index (χ4v) is 2.32. The number of nitrogens with zero attached hydrogens (tertiary/aromatic N) is 4. The Balaban J connectivity index is 1.97. The van der Waals surface area contributed by atoms with Crippen LogP contribution in [0.1, 0.15) is 20.8 Å². The molecule has 2 amide bonds. The number of rotatable bonds is 5. The molecule has 3 heterocycles. The maximum absolute atomic E-state index is 11.7. The molecular weight excluding hydrogens is 332 g/mol. The van der Waals surface area contributed by atoms with Crippen molar-refractivity contribution < 1.29 is 9.53 Å². The summed E-state index contributed by atoms with van der Waals surface area (Å²) in [5, 5.41) is 5.32. The maximum Gasteiger partial charge on any atom is 0.320 e. The summed E-state index contributed by atoms with van der Waals surface area (Å²) < 4.78 is 5.75. The molecule has 134 valence electrons. The Labute approximate surface area is 151 Å². The number of nitrogens with one attached hydrogen (secondary N) is 2. The van der Waals surface area contributed by atoms with Crippen molar-refractivity contribution in [3.8, 4) is 17.1 Å². The van der Waals surface area contributed by atoms with Gasteiger partial charge in [-0.15, -0.1) is 0 Å². The quantitative estimate of drug-likeness (QED) is 0.732. The van der Waals surface area contributed by atoms with Gasteiger partial charge in [0.25, 0.3) is 0 Å². The zero-order valence-electron chi connectivity index (χ0n) is 14.9. The number of fused-ring (bicyclic) bond motifs is 1. The second-order valence-electron chi connectivity index (χ2n) is 5.80. The number of pyridine rings is 2. The van der Waals surface area contributed by atoms with Crippen molar-refractivity contribution in [2.24, 2.45) is 0 Å². The Kier molecular flexibility index (Phi) is 5.21. The molecule has 2 N–H and O–H groups in total. The lowest BCUT2D eigenvalue weighted by Gasteiger charge is -2.12. The molecule has 8 heteroatoms. The van der Waals surface area contributed by atoms with E-state index in [0.717, 1.165) is 5.56 Å². The number of amides is 2. The summed E-state index contributed by atoms with van der Waals surface area (Å²) in [6, 6.07) is 6.81. The van der Waals surface area contributed by atoms with Gasteiger partial charge in [0, 0.05) is 12.7 Å². The summed E-state index contributed by atoms with van der Waals surface area (Å²) in [5.74, 6) is 0.896. The Morgan fingerprint density at radius 1 is 1.19 bits per heavy atom. The fraction of sp³-hybridized carbons (Fsp3) is 0.278. The number of urea groups is 1. The molecule has 0 aliphatic carbocycles. The number of hydrogen-bond acceptors (Lipinski definition) is 6. The van der Waals surface area contributed by atoms with Gasteiger partial charge in [-0.2, -0.15) is 0 Å². The number of anilines is 1. The van der Waals surface area contributed by atoms with Crippen LogP contribution in [0.5, 0.6) is 5.88 Å². The highest BCUT2D eigenvalue weighted by atomic mass is 16.5. The van der Waals surface area contributed by atoms with Crippen LogP contribution >= 0.6 is 0 Å². The highest BCUT2D eigenvalue weighted by Gasteiger charge is 2.12. The number of hydrogen-bond donors (Lipinski definition) is 2. The van der Waals surface area contributed by atoms with E-state index < -0.39 is 0 Å². The molecule has 8 nitrogen and oxygen atoms in total. The van der Waals surface area contributed by atoms with Gasteiger partial charge in [-0.1, -0.05) is 0 Å². The zero-order valence-corrected chi connectivity index (χ0v) is 14.9. The van der Waals surface area contributed by atoms with Crippen LogP contribution in [0, 0.1) is 0 Å². The second kappa shape index (κ2) is 7.73. The molecule has 0 aliphatic rings. The summed E-state index contributed by atoms with van der Waals surface area (Å²) in [4.78, 5) is 29.3. The van der Waals surface area contributed by atoms with E-state index in [-0.39, 0.29) is 12.1 Å². The molecule has 0 fully saturated rings. The normalized spacial score (nSPS) is 10.8. The minimum Gasteiger partial charge on any atom is -0.474 e. The average Bonchev–Trinajstić information content (AvgIpc) is 2.61. The highest BCUT2D eigenvalue weighted by Crippen LogP contribution is 2.27. The molecule has 0 radical (unpaired) electrons. The lowest BCUT2D eigenvalue weighted by Crippen LogP contribution is -2.28. The van der Waals surface area contributed by atoms with E-state index in [1.54, 1.807) is 24.5 Å². The van der Waals surface area contributed by atoms with Crippen molar-refractivity contribution >= 4 is 23.0 Å². The number of carbonyl (C=O) groups excluding carboxylic acids is 1. The summed E-state index contributed by atoms with van der Waals surface area (Å²) in [5.41, 5.74) is 2.39. The lowest BCUT2D eigenvalue weighted by molar-refractivity contribution is 0.234. The minimum atomic E-state index is -0.316. The van der Waals surface area contributed by atoms with Crippen molar-refractivity contribution in [2.75, 3.05) is 11.9 Å². The van der Waals surface area contributed by atoms with Crippen LogP contribution in [0.15, 0.2) is 36.7 Å². The first kappa shape index (κ1) is 17.5. The Hall–Kier alpha value is -3.29. The van der Waals surface area contributed by atoms with Gasteiger partial charge in [-0.25, -0.2) is 19.7 Å². The van der Waals surface area contributed by atoms with E-state index in [1.165, 1.54) is 0 Å². The third-order valence-corrected chi connectivity index (χ3v) is 3.38. The Morgan fingerprint density at radius 3 is 2.81 bits per heavy atom. The maximum atomic E-state index is 11.7. The highest BCUT2D eigenvalue weighted by molar-refractivity contribution is 5.89. The van der Waals surface area contributed by atoms with E-state index in [9.17, 15) is 4.79 Å². The van der Waals surface area contributed by atoms with Crippen LogP contribution < -0.4 is 15.4 Å². The number of carbonyl (C=O) groups is 1. The lowest BCUT2D eigenvalue weighted by atomic mass is 10.2. The third-order valence-electron chi connectivity index (χ3n) is 3.38. The molecule has 26 heavy (non-hydrogen) atoms. The predicted molar refractivity (Wildman–Crippen MR) is 99.0 cm³/mol. The van der Waals surface area contributed by atoms with E-state index in [1.807, 2.05) is 32.9 Å². The largest absolute Gasteiger partial charge is 0.474 e. The molecule has 0 spiro atoms. The van der Waals surface area contributed by atoms with E-state index in [2.05, 4.69) is 30.6 Å². The molecule has 0 saturated carbocycles. The molecule has 0 bridgehead atoms. The average molecular weight is 352 g/mol. The van der Waals surface area contributed by atoms with Crippen LogP contribution in [0.4, 0.5) is 10.6 Å². The molecule has 0 saturated heterocycles. The van der Waals surface area contributed by atoms with Crippen molar-refractivity contribution in [1.82, 2.24) is 25.3 Å². The molecule has 0 atom stereocenters. The van der Waals surface area contributed by atoms with Gasteiger partial charge in [-0.05, 0) is 45.0 Å². The monoisotopic (exact) mass is 352 g/mol. The topological polar surface area (TPSA) is 102 Å². The predicted octanol–water partition coefficient (Wildman–Crippen LogP) is 3.02. The summed E-state index contributed by atoms with van der Waals surface area (Å²) >= 11 is 0. The summed E-state index contributed by atoms with van der Waals surface area (Å²) in [6.45, 7) is 6.25. The van der Waals surface area contributed by atoms with Crippen molar-refractivity contribution in [3.63, 3.8) is 0 Å². The van der Waals surface area contributed by atoms with E-state index in [0.29, 0.717) is 35.1 Å². The first-order chi connectivity index (χ1) is 12.6. The minimum absolute atomic E-state index is 0.0110. The van der Waals surface area contributed by atoms with Gasteiger partial charge in [0.15, 0.2) is 5.65 Å². The van der Waals surface area contributed by atoms with Crippen LogP contribution in [-0.2, 0) is 0 Å². The smallest absolute Gasteiger partial charge is 0.320 e. The molecule has 3 rings (SSSR count). The first-order valence-corrected chi connectivity index (χ1v) is 8.37. The van der Waals surface area contributed by atoms with Gasteiger partial charge in [0.1, 0.15) is 11.3 Å².